The van der Waals surface area contributed by atoms with Crippen LogP contribution in [0.15, 0.2) is 103 Å². The lowest BCUT2D eigenvalue weighted by molar-refractivity contribution is 0.475. The lowest BCUT2D eigenvalue weighted by atomic mass is 10.00. The van der Waals surface area contributed by atoms with Crippen LogP contribution in [0.3, 0.4) is 0 Å². The monoisotopic (exact) mass is 430 g/mol. The van der Waals surface area contributed by atoms with Gasteiger partial charge in [-0.25, -0.2) is 4.98 Å². The van der Waals surface area contributed by atoms with E-state index in [4.69, 9.17) is 4.98 Å². The minimum absolute atomic E-state index is 0.267. The molecular formula is C30H26N2O. The summed E-state index contributed by atoms with van der Waals surface area (Å²) in [7, 11) is 2.09. The van der Waals surface area contributed by atoms with Crippen LogP contribution < -0.4 is 4.90 Å². The first kappa shape index (κ1) is 20.8. The Hall–Kier alpha value is -4.11. The quantitative estimate of drug-likeness (QED) is 0.320. The molecule has 3 heteroatoms. The molecule has 0 atom stereocenters. The number of hydrogen-bond donors (Lipinski definition) is 1. The maximum absolute atomic E-state index is 9.88. The Kier molecular flexibility index (Phi) is 5.54. The number of rotatable bonds is 5. The smallest absolute Gasteiger partial charge is 0.129 e. The maximum Gasteiger partial charge on any atom is 0.129 e. The van der Waals surface area contributed by atoms with Gasteiger partial charge in [0.1, 0.15) is 11.6 Å². The van der Waals surface area contributed by atoms with Crippen LogP contribution in [0.1, 0.15) is 11.1 Å². The lowest BCUT2D eigenvalue weighted by Crippen LogP contribution is -2.18. The van der Waals surface area contributed by atoms with Crippen LogP contribution in [-0.2, 0) is 6.54 Å². The number of aromatic hydroxyl groups is 1. The zero-order chi connectivity index (χ0) is 22.8. The molecule has 0 aliphatic heterocycles. The molecular weight excluding hydrogens is 404 g/mol. The van der Waals surface area contributed by atoms with Crippen molar-refractivity contribution >= 4 is 16.6 Å². The van der Waals surface area contributed by atoms with Crippen LogP contribution in [0.2, 0.25) is 0 Å². The van der Waals surface area contributed by atoms with Gasteiger partial charge in [-0.15, -0.1) is 0 Å². The van der Waals surface area contributed by atoms with E-state index < -0.39 is 0 Å². The molecule has 1 heterocycles. The molecule has 5 aromatic rings. The van der Waals surface area contributed by atoms with Crippen molar-refractivity contribution in [2.45, 2.75) is 13.5 Å². The van der Waals surface area contributed by atoms with Gasteiger partial charge in [-0.3, -0.25) is 0 Å². The van der Waals surface area contributed by atoms with Crippen molar-refractivity contribution in [1.82, 2.24) is 4.98 Å². The van der Waals surface area contributed by atoms with E-state index in [1.165, 1.54) is 16.3 Å². The third-order valence-corrected chi connectivity index (χ3v) is 6.08. The highest BCUT2D eigenvalue weighted by atomic mass is 16.3. The predicted octanol–water partition coefficient (Wildman–Crippen LogP) is 7.22. The van der Waals surface area contributed by atoms with E-state index in [0.29, 0.717) is 0 Å². The van der Waals surface area contributed by atoms with Gasteiger partial charge in [-0.05, 0) is 70.3 Å². The standard InChI is InChI=1S/C30H26N2O/c1-21-17-26(33)15-16-27(21)29-18-25(22-9-4-3-5-10-22)19-30(31-29)32(2)20-24-13-8-12-23-11-6-7-14-28(23)24/h3-19,33H,20H2,1-2H3. The number of aryl methyl sites for hydroxylation is 1. The average molecular weight is 431 g/mol. The molecule has 4 aromatic carbocycles. The van der Waals surface area contributed by atoms with Crippen LogP contribution in [-0.4, -0.2) is 17.1 Å². The predicted molar refractivity (Wildman–Crippen MR) is 138 cm³/mol. The summed E-state index contributed by atoms with van der Waals surface area (Å²) in [6, 6.07) is 35.1. The van der Waals surface area contributed by atoms with Gasteiger partial charge in [0.2, 0.25) is 0 Å². The number of phenolic OH excluding ortho intramolecular Hbond substituents is 1. The number of benzene rings is 4. The van der Waals surface area contributed by atoms with Crippen LogP contribution in [0.4, 0.5) is 5.82 Å². The summed E-state index contributed by atoms with van der Waals surface area (Å²) >= 11 is 0. The van der Waals surface area contributed by atoms with E-state index in [2.05, 4.69) is 90.8 Å². The maximum atomic E-state index is 9.88. The minimum Gasteiger partial charge on any atom is -0.508 e. The first-order valence-electron chi connectivity index (χ1n) is 11.1. The number of pyridine rings is 1. The summed E-state index contributed by atoms with van der Waals surface area (Å²) in [6.45, 7) is 2.76. The second-order valence-corrected chi connectivity index (χ2v) is 8.46. The first-order valence-corrected chi connectivity index (χ1v) is 11.1. The molecule has 0 saturated heterocycles. The third-order valence-electron chi connectivity index (χ3n) is 6.08. The van der Waals surface area contributed by atoms with Crippen LogP contribution in [0, 0.1) is 6.92 Å². The largest absolute Gasteiger partial charge is 0.508 e. The second-order valence-electron chi connectivity index (χ2n) is 8.46. The normalized spacial score (nSPS) is 11.0. The average Bonchev–Trinajstić information content (AvgIpc) is 2.84. The van der Waals surface area contributed by atoms with Crippen LogP contribution in [0.25, 0.3) is 33.2 Å². The van der Waals surface area contributed by atoms with Gasteiger partial charge in [0.25, 0.3) is 0 Å². The third kappa shape index (κ3) is 4.31. The van der Waals surface area contributed by atoms with E-state index in [1.807, 2.05) is 19.1 Å². The second kappa shape index (κ2) is 8.79. The van der Waals surface area contributed by atoms with Gasteiger partial charge in [0.15, 0.2) is 0 Å². The molecule has 5 rings (SSSR count). The number of aromatic nitrogens is 1. The van der Waals surface area contributed by atoms with Gasteiger partial charge in [-0.2, -0.15) is 0 Å². The van der Waals surface area contributed by atoms with Gasteiger partial charge < -0.3 is 10.0 Å². The molecule has 0 aliphatic rings. The number of phenols is 1. The molecule has 0 radical (unpaired) electrons. The van der Waals surface area contributed by atoms with E-state index in [0.717, 1.165) is 40.3 Å². The Labute approximate surface area is 194 Å². The molecule has 0 unspecified atom stereocenters. The fraction of sp³-hybridized carbons (Fsp3) is 0.100. The summed E-state index contributed by atoms with van der Waals surface area (Å²) in [6.07, 6.45) is 0. The fourth-order valence-corrected chi connectivity index (χ4v) is 4.35. The van der Waals surface area contributed by atoms with E-state index >= 15 is 0 Å². The van der Waals surface area contributed by atoms with Gasteiger partial charge in [0, 0.05) is 19.2 Å². The number of anilines is 1. The summed E-state index contributed by atoms with van der Waals surface area (Å²) in [5.41, 5.74) is 6.45. The van der Waals surface area contributed by atoms with Crippen molar-refractivity contribution < 1.29 is 5.11 Å². The van der Waals surface area contributed by atoms with E-state index in [9.17, 15) is 5.11 Å². The fourth-order valence-electron chi connectivity index (χ4n) is 4.35. The van der Waals surface area contributed by atoms with Gasteiger partial charge >= 0.3 is 0 Å². The first-order chi connectivity index (χ1) is 16.1. The topological polar surface area (TPSA) is 36.4 Å². The van der Waals surface area contributed by atoms with Crippen molar-refractivity contribution in [2.75, 3.05) is 11.9 Å². The number of nitrogens with zero attached hydrogens (tertiary/aromatic N) is 2. The summed E-state index contributed by atoms with van der Waals surface area (Å²) in [5.74, 6) is 1.18. The molecule has 162 valence electrons. The highest BCUT2D eigenvalue weighted by Crippen LogP contribution is 2.32. The molecule has 1 N–H and O–H groups in total. The molecule has 0 bridgehead atoms. The summed E-state index contributed by atoms with van der Waals surface area (Å²) < 4.78 is 0. The molecule has 0 aliphatic carbocycles. The summed E-state index contributed by atoms with van der Waals surface area (Å²) in [5, 5.41) is 12.4. The Morgan fingerprint density at radius 1 is 0.758 bits per heavy atom. The number of fused-ring (bicyclic) bond motifs is 1. The Morgan fingerprint density at radius 2 is 1.52 bits per heavy atom. The van der Waals surface area contributed by atoms with Crippen molar-refractivity contribution in [2.24, 2.45) is 0 Å². The zero-order valence-electron chi connectivity index (χ0n) is 18.9. The molecule has 0 spiro atoms. The van der Waals surface area contributed by atoms with Gasteiger partial charge in [-0.1, -0.05) is 72.8 Å². The van der Waals surface area contributed by atoms with Crippen LogP contribution >= 0.6 is 0 Å². The van der Waals surface area contributed by atoms with Crippen molar-refractivity contribution in [3.05, 3.63) is 114 Å². The zero-order valence-corrected chi connectivity index (χ0v) is 18.9. The number of hydrogen-bond acceptors (Lipinski definition) is 3. The molecule has 1 aromatic heterocycles. The Balaban J connectivity index is 1.60. The molecule has 0 saturated carbocycles. The summed E-state index contributed by atoms with van der Waals surface area (Å²) in [4.78, 5) is 7.24. The highest BCUT2D eigenvalue weighted by molar-refractivity contribution is 5.86. The molecule has 0 amide bonds. The van der Waals surface area contributed by atoms with Crippen LogP contribution in [0.5, 0.6) is 5.75 Å². The van der Waals surface area contributed by atoms with E-state index in [-0.39, 0.29) is 5.75 Å². The van der Waals surface area contributed by atoms with Crippen molar-refractivity contribution in [3.8, 4) is 28.1 Å². The minimum atomic E-state index is 0.267. The lowest BCUT2D eigenvalue weighted by Gasteiger charge is -2.22. The van der Waals surface area contributed by atoms with Gasteiger partial charge in [0.05, 0.1) is 5.69 Å². The van der Waals surface area contributed by atoms with E-state index in [1.54, 1.807) is 12.1 Å². The SMILES string of the molecule is Cc1cc(O)ccc1-c1cc(-c2ccccc2)cc(N(C)Cc2cccc3ccccc23)n1. The van der Waals surface area contributed by atoms with Crippen molar-refractivity contribution in [1.29, 1.82) is 0 Å². The van der Waals surface area contributed by atoms with Crippen molar-refractivity contribution in [3.63, 3.8) is 0 Å². The molecule has 3 nitrogen and oxygen atoms in total. The Bertz CT molecular complexity index is 1420. The highest BCUT2D eigenvalue weighted by Gasteiger charge is 2.13. The molecule has 33 heavy (non-hydrogen) atoms. The molecule has 0 fully saturated rings. The Morgan fingerprint density at radius 3 is 2.33 bits per heavy atom.